The van der Waals surface area contributed by atoms with Crippen molar-refractivity contribution in [1.29, 1.82) is 0 Å². The van der Waals surface area contributed by atoms with Crippen molar-refractivity contribution in [2.45, 2.75) is 44.1 Å². The number of ether oxygens (including phenoxy) is 1. The number of fused-ring (bicyclic) bond motifs is 1. The Labute approximate surface area is 191 Å². The Morgan fingerprint density at radius 1 is 1.16 bits per heavy atom. The first-order valence-corrected chi connectivity index (χ1v) is 10.2. The summed E-state index contributed by atoms with van der Waals surface area (Å²) in [7, 11) is 1.34. The summed E-state index contributed by atoms with van der Waals surface area (Å²) in [6, 6.07) is 6.65. The van der Waals surface area contributed by atoms with E-state index in [0.717, 1.165) is 12.1 Å². The van der Waals surface area contributed by atoms with Crippen LogP contribution in [0.1, 0.15) is 31.5 Å². The number of pyridine rings is 1. The van der Waals surface area contributed by atoms with Crippen LogP contribution in [0.5, 0.6) is 5.75 Å². The van der Waals surface area contributed by atoms with Crippen LogP contribution in [0.2, 0.25) is 10.3 Å². The highest BCUT2D eigenvalue weighted by molar-refractivity contribution is 6.36. The van der Waals surface area contributed by atoms with Crippen LogP contribution in [0.3, 0.4) is 0 Å². The zero-order valence-electron chi connectivity index (χ0n) is 17.4. The second kappa shape index (κ2) is 8.70. The predicted octanol–water partition coefficient (Wildman–Crippen LogP) is 5.73. The molecule has 5 nitrogen and oxygen atoms in total. The molecular formula is C21H21Cl2F4N3O2. The number of hydrogen-bond donors (Lipinski definition) is 3. The van der Waals surface area contributed by atoms with Crippen molar-refractivity contribution in [2.75, 3.05) is 7.11 Å². The van der Waals surface area contributed by atoms with E-state index in [9.17, 15) is 22.7 Å². The number of nitrogens with zero attached hydrogens (tertiary/aromatic N) is 1. The Hall–Kier alpha value is -2.07. The van der Waals surface area contributed by atoms with Crippen LogP contribution in [0.25, 0.3) is 10.9 Å². The van der Waals surface area contributed by atoms with Gasteiger partial charge in [-0.3, -0.25) is 5.32 Å². The summed E-state index contributed by atoms with van der Waals surface area (Å²) < 4.78 is 60.9. The third kappa shape index (κ3) is 4.96. The molecule has 3 rings (SSSR count). The number of H-pyrrole nitrogens is 1. The number of aromatic amines is 1. The Balaban J connectivity index is 1.90. The van der Waals surface area contributed by atoms with Crippen molar-refractivity contribution in [1.82, 2.24) is 15.3 Å². The molecule has 2 aromatic heterocycles. The first kappa shape index (κ1) is 24.6. The second-order valence-corrected chi connectivity index (χ2v) is 8.86. The maximum absolute atomic E-state index is 14.0. The van der Waals surface area contributed by atoms with E-state index >= 15 is 0 Å². The third-order valence-electron chi connectivity index (χ3n) is 5.22. The van der Waals surface area contributed by atoms with Crippen LogP contribution in [-0.2, 0) is 12.0 Å². The fraction of sp³-hybridized carbons (Fsp3) is 0.381. The Kier molecular flexibility index (Phi) is 6.68. The molecular weight excluding hydrogens is 473 g/mol. The number of methoxy groups -OCH3 is 1. The van der Waals surface area contributed by atoms with E-state index < -0.39 is 29.6 Å². The monoisotopic (exact) mass is 493 g/mol. The molecule has 0 aliphatic carbocycles. The topological polar surface area (TPSA) is 70.2 Å². The minimum atomic E-state index is -5.03. The lowest BCUT2D eigenvalue weighted by Gasteiger charge is -2.38. The second-order valence-electron chi connectivity index (χ2n) is 8.11. The molecule has 0 fully saturated rings. The third-order valence-corrected chi connectivity index (χ3v) is 5.69. The normalized spacial score (nSPS) is 14.6. The van der Waals surface area contributed by atoms with Gasteiger partial charge in [-0.25, -0.2) is 9.37 Å². The summed E-state index contributed by atoms with van der Waals surface area (Å²) in [4.78, 5) is 6.75. The Morgan fingerprint density at radius 3 is 2.47 bits per heavy atom. The van der Waals surface area contributed by atoms with E-state index in [-0.39, 0.29) is 28.2 Å². The van der Waals surface area contributed by atoms with E-state index in [1.165, 1.54) is 33.1 Å². The van der Waals surface area contributed by atoms with Gasteiger partial charge in [0, 0.05) is 29.6 Å². The van der Waals surface area contributed by atoms with Gasteiger partial charge in [-0.05, 0) is 35.7 Å². The number of nitrogens with one attached hydrogen (secondary N) is 2. The average Bonchev–Trinajstić information content (AvgIpc) is 3.08. The number of halogens is 6. The van der Waals surface area contributed by atoms with Gasteiger partial charge in [0.25, 0.3) is 0 Å². The molecule has 1 unspecified atom stereocenters. The first-order chi connectivity index (χ1) is 14.8. The minimum Gasteiger partial charge on any atom is -0.496 e. The molecule has 2 heterocycles. The maximum Gasteiger partial charge on any atom is 0.431 e. The molecule has 0 amide bonds. The molecule has 174 valence electrons. The van der Waals surface area contributed by atoms with Crippen LogP contribution in [0.4, 0.5) is 17.6 Å². The molecule has 3 N–H and O–H groups in total. The van der Waals surface area contributed by atoms with Crippen molar-refractivity contribution in [2.24, 2.45) is 0 Å². The summed E-state index contributed by atoms with van der Waals surface area (Å²) in [6.45, 7) is 2.58. The lowest BCUT2D eigenvalue weighted by molar-refractivity contribution is -0.280. The average molecular weight is 494 g/mol. The molecule has 0 saturated carbocycles. The largest absolute Gasteiger partial charge is 0.496 e. The summed E-state index contributed by atoms with van der Waals surface area (Å²) in [5, 5.41) is 13.6. The van der Waals surface area contributed by atoms with Gasteiger partial charge >= 0.3 is 6.18 Å². The number of benzene rings is 1. The van der Waals surface area contributed by atoms with Crippen molar-refractivity contribution >= 4 is 34.1 Å². The first-order valence-electron chi connectivity index (χ1n) is 9.47. The highest BCUT2D eigenvalue weighted by atomic mass is 35.5. The summed E-state index contributed by atoms with van der Waals surface area (Å²) >= 11 is 11.9. The van der Waals surface area contributed by atoms with Crippen LogP contribution in [-0.4, -0.2) is 34.1 Å². The molecule has 11 heteroatoms. The highest BCUT2D eigenvalue weighted by Crippen LogP contribution is 2.42. The van der Waals surface area contributed by atoms with E-state index in [1.807, 2.05) is 0 Å². The van der Waals surface area contributed by atoms with E-state index in [4.69, 9.17) is 27.9 Å². The quantitative estimate of drug-likeness (QED) is 0.223. The zero-order valence-corrected chi connectivity index (χ0v) is 18.9. The molecule has 0 spiro atoms. The number of alkyl halides is 3. The molecule has 0 aliphatic heterocycles. The van der Waals surface area contributed by atoms with Crippen LogP contribution < -0.4 is 10.1 Å². The zero-order chi connectivity index (χ0) is 23.9. The predicted molar refractivity (Wildman–Crippen MR) is 115 cm³/mol. The molecule has 0 radical (unpaired) electrons. The molecule has 1 atom stereocenters. The molecule has 0 saturated heterocycles. The van der Waals surface area contributed by atoms with Crippen LogP contribution >= 0.6 is 23.2 Å². The number of rotatable bonds is 7. The van der Waals surface area contributed by atoms with Gasteiger partial charge < -0.3 is 14.8 Å². The van der Waals surface area contributed by atoms with Gasteiger partial charge in [-0.2, -0.15) is 13.2 Å². The van der Waals surface area contributed by atoms with E-state index in [2.05, 4.69) is 15.3 Å². The van der Waals surface area contributed by atoms with Gasteiger partial charge in [0.05, 0.1) is 12.6 Å². The fourth-order valence-corrected chi connectivity index (χ4v) is 4.16. The van der Waals surface area contributed by atoms with E-state index in [0.29, 0.717) is 16.6 Å². The van der Waals surface area contributed by atoms with Crippen LogP contribution in [0, 0.1) is 5.82 Å². The molecule has 0 bridgehead atoms. The molecule has 1 aromatic carbocycles. The van der Waals surface area contributed by atoms with Gasteiger partial charge in [-0.1, -0.05) is 37.0 Å². The lowest BCUT2D eigenvalue weighted by Crippen LogP contribution is -2.59. The van der Waals surface area contributed by atoms with Crippen LogP contribution in [0.15, 0.2) is 30.3 Å². The van der Waals surface area contributed by atoms with Gasteiger partial charge in [0.1, 0.15) is 16.7 Å². The molecule has 3 aromatic rings. The number of hydrogen-bond acceptors (Lipinski definition) is 4. The number of aromatic nitrogens is 2. The highest BCUT2D eigenvalue weighted by Gasteiger charge is 2.56. The van der Waals surface area contributed by atoms with Gasteiger partial charge in [-0.15, -0.1) is 0 Å². The summed E-state index contributed by atoms with van der Waals surface area (Å²) in [5.74, 6) is -0.407. The fourth-order valence-electron chi connectivity index (χ4n) is 3.67. The van der Waals surface area contributed by atoms with Crippen molar-refractivity contribution < 1.29 is 27.4 Å². The van der Waals surface area contributed by atoms with Crippen molar-refractivity contribution in [3.05, 3.63) is 57.7 Å². The van der Waals surface area contributed by atoms with Gasteiger partial charge in [0.2, 0.25) is 5.72 Å². The summed E-state index contributed by atoms with van der Waals surface area (Å²) in [6.07, 6.45) is -5.84. The summed E-state index contributed by atoms with van der Waals surface area (Å²) in [5.41, 5.74) is -3.66. The number of aliphatic hydroxyl groups is 1. The Morgan fingerprint density at radius 2 is 1.84 bits per heavy atom. The Bertz CT molecular complexity index is 1130. The standard InChI is InChI=1S/C21H21Cl2F4N3O2/c1-19(2,14-8-12(24)4-5-15(14)32-3)10-20(31,21(25,26)27)28-9-13-6-11-7-16(22)30-18(23)17(11)29-13/h4-8,28-29,31H,9-10H2,1-3H3. The van der Waals surface area contributed by atoms with Crippen molar-refractivity contribution in [3.63, 3.8) is 0 Å². The SMILES string of the molecule is COc1ccc(F)cc1C(C)(C)CC(O)(NCc1cc2cc(Cl)nc(Cl)c2[nH]1)C(F)(F)F. The van der Waals surface area contributed by atoms with Gasteiger partial charge in [0.15, 0.2) is 5.15 Å². The maximum atomic E-state index is 14.0. The van der Waals surface area contributed by atoms with Crippen molar-refractivity contribution in [3.8, 4) is 5.75 Å². The molecule has 32 heavy (non-hydrogen) atoms. The lowest BCUT2D eigenvalue weighted by atomic mass is 9.77. The van der Waals surface area contributed by atoms with E-state index in [1.54, 1.807) is 6.07 Å². The smallest absolute Gasteiger partial charge is 0.431 e. The molecule has 0 aliphatic rings. The minimum absolute atomic E-state index is 0.0733.